The number of nitrogens with zero attached hydrogens (tertiary/aromatic N) is 2. The monoisotopic (exact) mass is 265 g/mol. The summed E-state index contributed by atoms with van der Waals surface area (Å²) in [6.07, 6.45) is 6.07. The highest BCUT2D eigenvalue weighted by molar-refractivity contribution is 5.42. The van der Waals surface area contributed by atoms with E-state index in [4.69, 9.17) is 0 Å². The minimum Gasteiger partial charge on any atom is -0.370 e. The third kappa shape index (κ3) is 8.60. The predicted molar refractivity (Wildman–Crippen MR) is 85.8 cm³/mol. The third-order valence-corrected chi connectivity index (χ3v) is 2.93. The molecular formula is C16H31N3. The fourth-order valence-electron chi connectivity index (χ4n) is 1.89. The van der Waals surface area contributed by atoms with E-state index in [-0.39, 0.29) is 0 Å². The Balaban J connectivity index is 0.000000316. The zero-order valence-corrected chi connectivity index (χ0v) is 13.4. The zero-order chi connectivity index (χ0) is 14.5. The zero-order valence-electron chi connectivity index (χ0n) is 13.4. The predicted octanol–water partition coefficient (Wildman–Crippen LogP) is 3.95. The van der Waals surface area contributed by atoms with Crippen LogP contribution < -0.4 is 5.32 Å². The molecule has 1 aromatic rings. The number of aryl methyl sites for hydroxylation is 1. The van der Waals surface area contributed by atoms with Crippen molar-refractivity contribution in [2.45, 2.75) is 47.0 Å². The number of pyridine rings is 1. The van der Waals surface area contributed by atoms with E-state index in [2.05, 4.69) is 29.2 Å². The second kappa shape index (κ2) is 12.0. The summed E-state index contributed by atoms with van der Waals surface area (Å²) < 4.78 is 0. The molecule has 0 aromatic carbocycles. The maximum Gasteiger partial charge on any atom is 0.128 e. The number of anilines is 1. The van der Waals surface area contributed by atoms with E-state index in [9.17, 15) is 0 Å². The molecule has 1 N–H and O–H groups in total. The summed E-state index contributed by atoms with van der Waals surface area (Å²) in [6.45, 7) is 11.7. The van der Waals surface area contributed by atoms with Gasteiger partial charge in [-0.3, -0.25) is 0 Å². The van der Waals surface area contributed by atoms with E-state index in [1.807, 2.05) is 32.9 Å². The molecule has 0 bridgehead atoms. The number of piperidine rings is 1. The van der Waals surface area contributed by atoms with E-state index in [1.54, 1.807) is 6.20 Å². The molecule has 0 atom stereocenters. The second-order valence-corrected chi connectivity index (χ2v) is 4.56. The minimum absolute atomic E-state index is 0.928. The number of nitrogens with one attached hydrogen (secondary N) is 1. The Morgan fingerprint density at radius 2 is 1.84 bits per heavy atom. The van der Waals surface area contributed by atoms with Crippen molar-refractivity contribution in [3.63, 3.8) is 0 Å². The van der Waals surface area contributed by atoms with E-state index < -0.39 is 0 Å². The van der Waals surface area contributed by atoms with Crippen LogP contribution in [-0.4, -0.2) is 36.6 Å². The lowest BCUT2D eigenvalue weighted by Crippen LogP contribution is -2.24. The van der Waals surface area contributed by atoms with Gasteiger partial charge in [0, 0.05) is 12.7 Å². The van der Waals surface area contributed by atoms with Crippen LogP contribution in [0.2, 0.25) is 0 Å². The second-order valence-electron chi connectivity index (χ2n) is 4.56. The average Bonchev–Trinajstić information content (AvgIpc) is 2.45. The molecule has 0 amide bonds. The fraction of sp³-hybridized carbons (Fsp3) is 0.688. The summed E-state index contributed by atoms with van der Waals surface area (Å²) in [5, 5.41) is 3.16. The largest absolute Gasteiger partial charge is 0.370 e. The Labute approximate surface area is 119 Å². The molecule has 0 spiro atoms. The maximum absolute atomic E-state index is 4.16. The van der Waals surface area contributed by atoms with Crippen LogP contribution >= 0.6 is 0 Å². The summed E-state index contributed by atoms with van der Waals surface area (Å²) >= 11 is 0. The molecule has 2 rings (SSSR count). The highest BCUT2D eigenvalue weighted by Crippen LogP contribution is 2.07. The number of likely N-dealkylation sites (tertiary alicyclic amines) is 1. The molecule has 19 heavy (non-hydrogen) atoms. The van der Waals surface area contributed by atoms with Gasteiger partial charge in [-0.1, -0.05) is 26.3 Å². The molecule has 2 heterocycles. The Bertz CT molecular complexity index is 307. The molecule has 3 nitrogen and oxygen atoms in total. The van der Waals surface area contributed by atoms with Gasteiger partial charge >= 0.3 is 0 Å². The van der Waals surface area contributed by atoms with Gasteiger partial charge in [-0.25, -0.2) is 4.98 Å². The first-order chi connectivity index (χ1) is 9.24. The maximum atomic E-state index is 4.16. The smallest absolute Gasteiger partial charge is 0.128 e. The van der Waals surface area contributed by atoms with Crippen LogP contribution in [0.25, 0.3) is 0 Å². The number of rotatable bonds is 2. The van der Waals surface area contributed by atoms with Gasteiger partial charge in [0.05, 0.1) is 0 Å². The molecular weight excluding hydrogens is 234 g/mol. The number of aromatic nitrogens is 1. The minimum atomic E-state index is 0.928. The van der Waals surface area contributed by atoms with Gasteiger partial charge < -0.3 is 10.2 Å². The molecule has 1 aromatic heterocycles. The summed E-state index contributed by atoms with van der Waals surface area (Å²) in [6, 6.07) is 3.99. The quantitative estimate of drug-likeness (QED) is 0.877. The highest BCUT2D eigenvalue weighted by atomic mass is 15.1. The fourth-order valence-corrected chi connectivity index (χ4v) is 1.89. The van der Waals surface area contributed by atoms with E-state index >= 15 is 0 Å². The molecule has 110 valence electrons. The highest BCUT2D eigenvalue weighted by Gasteiger charge is 2.02. The normalized spacial score (nSPS) is 14.6. The number of hydrogen-bond acceptors (Lipinski definition) is 3. The van der Waals surface area contributed by atoms with Crippen LogP contribution in [0.1, 0.15) is 45.6 Å². The summed E-state index contributed by atoms with van der Waals surface area (Å²) in [4.78, 5) is 6.55. The van der Waals surface area contributed by atoms with Crippen molar-refractivity contribution in [3.8, 4) is 0 Å². The molecule has 3 heteroatoms. The van der Waals surface area contributed by atoms with Gasteiger partial charge in [-0.2, -0.15) is 0 Å². The summed E-state index contributed by atoms with van der Waals surface area (Å²) in [5.74, 6) is 0.991. The van der Waals surface area contributed by atoms with Crippen molar-refractivity contribution >= 4 is 5.82 Å². The van der Waals surface area contributed by atoms with Crippen molar-refractivity contribution < 1.29 is 0 Å². The van der Waals surface area contributed by atoms with E-state index in [0.29, 0.717) is 0 Å². The first-order valence-electron chi connectivity index (χ1n) is 7.58. The van der Waals surface area contributed by atoms with Crippen molar-refractivity contribution in [2.75, 3.05) is 32.0 Å². The Morgan fingerprint density at radius 3 is 2.26 bits per heavy atom. The van der Waals surface area contributed by atoms with Crippen LogP contribution in [-0.2, 0) is 0 Å². The first-order valence-corrected chi connectivity index (χ1v) is 7.58. The van der Waals surface area contributed by atoms with Crippen LogP contribution in [0.4, 0.5) is 5.82 Å². The van der Waals surface area contributed by atoms with E-state index in [0.717, 1.165) is 12.4 Å². The molecule has 0 radical (unpaired) electrons. The Kier molecular flexibility index (Phi) is 11.3. The average molecular weight is 265 g/mol. The topological polar surface area (TPSA) is 28.2 Å². The lowest BCUT2D eigenvalue weighted by molar-refractivity contribution is 0.277. The van der Waals surface area contributed by atoms with Gasteiger partial charge in [0.1, 0.15) is 5.82 Å². The third-order valence-electron chi connectivity index (χ3n) is 2.93. The van der Waals surface area contributed by atoms with Gasteiger partial charge in [0.15, 0.2) is 0 Å². The summed E-state index contributed by atoms with van der Waals surface area (Å²) in [7, 11) is 2.19. The molecule has 0 unspecified atom stereocenters. The molecule has 1 aliphatic heterocycles. The van der Waals surface area contributed by atoms with Crippen LogP contribution in [0, 0.1) is 6.92 Å². The first kappa shape index (κ1) is 17.9. The molecule has 1 fully saturated rings. The van der Waals surface area contributed by atoms with Gasteiger partial charge in [0.2, 0.25) is 0 Å². The van der Waals surface area contributed by atoms with Crippen molar-refractivity contribution in [1.82, 2.24) is 9.88 Å². The Hall–Kier alpha value is -1.09. The van der Waals surface area contributed by atoms with Crippen LogP contribution in [0.5, 0.6) is 0 Å². The van der Waals surface area contributed by atoms with Crippen LogP contribution in [0.15, 0.2) is 18.3 Å². The standard InChI is InChI=1S/C8H12N2.C6H13N.C2H6/c1-3-9-8-7(2)5-4-6-10-8;1-7-5-3-2-4-6-7;1-2/h4-6H,3H2,1-2H3,(H,9,10);2-6H2,1H3;1-2H3. The molecule has 0 aliphatic carbocycles. The van der Waals surface area contributed by atoms with E-state index in [1.165, 1.54) is 37.9 Å². The van der Waals surface area contributed by atoms with Crippen molar-refractivity contribution in [1.29, 1.82) is 0 Å². The molecule has 0 saturated carbocycles. The van der Waals surface area contributed by atoms with Gasteiger partial charge in [0.25, 0.3) is 0 Å². The van der Waals surface area contributed by atoms with Crippen LogP contribution in [0.3, 0.4) is 0 Å². The van der Waals surface area contributed by atoms with Crippen molar-refractivity contribution in [2.24, 2.45) is 0 Å². The molecule has 1 saturated heterocycles. The van der Waals surface area contributed by atoms with Gasteiger partial charge in [-0.05, 0) is 58.5 Å². The Morgan fingerprint density at radius 1 is 1.21 bits per heavy atom. The van der Waals surface area contributed by atoms with Gasteiger partial charge in [-0.15, -0.1) is 0 Å². The molecule has 1 aliphatic rings. The van der Waals surface area contributed by atoms with Crippen molar-refractivity contribution in [3.05, 3.63) is 23.9 Å². The lowest BCUT2D eigenvalue weighted by Gasteiger charge is -2.20. The SMILES string of the molecule is CC.CCNc1ncccc1C.CN1CCCCC1. The summed E-state index contributed by atoms with van der Waals surface area (Å²) in [5.41, 5.74) is 1.20. The lowest BCUT2D eigenvalue weighted by atomic mass is 10.1. The number of hydrogen-bond donors (Lipinski definition) is 1.